The Labute approximate surface area is 162 Å². The molecule has 1 aromatic heterocycles. The van der Waals surface area contributed by atoms with Crippen molar-refractivity contribution >= 4 is 34.0 Å². The summed E-state index contributed by atoms with van der Waals surface area (Å²) in [6.45, 7) is 1.73. The number of nitrogens with one attached hydrogen (secondary N) is 3. The lowest BCUT2D eigenvalue weighted by molar-refractivity contribution is 0.0932. The van der Waals surface area contributed by atoms with Gasteiger partial charge in [-0.3, -0.25) is 10.1 Å². The number of hydrogen-bond donors (Lipinski definition) is 4. The Morgan fingerprint density at radius 1 is 1.30 bits per heavy atom. The molecule has 1 aliphatic rings. The van der Waals surface area contributed by atoms with Crippen LogP contribution in [0.5, 0.6) is 0 Å². The Morgan fingerprint density at radius 3 is 2.78 bits per heavy atom. The summed E-state index contributed by atoms with van der Waals surface area (Å²) in [5.41, 5.74) is 7.78. The number of urea groups is 1. The number of amides is 3. The molecule has 27 heavy (non-hydrogen) atoms. The van der Waals surface area contributed by atoms with Crippen molar-refractivity contribution < 1.29 is 9.59 Å². The van der Waals surface area contributed by atoms with E-state index in [0.717, 1.165) is 42.1 Å². The Morgan fingerprint density at radius 2 is 2.11 bits per heavy atom. The summed E-state index contributed by atoms with van der Waals surface area (Å²) in [6, 6.07) is 9.25. The predicted molar refractivity (Wildman–Crippen MR) is 111 cm³/mol. The number of hydrogen-bond acceptors (Lipinski definition) is 5. The number of anilines is 2. The number of rotatable bonds is 5. The molecule has 0 saturated carbocycles. The minimum atomic E-state index is -0.682. The van der Waals surface area contributed by atoms with Crippen LogP contribution in [0.1, 0.15) is 23.2 Å². The molecule has 1 fully saturated rings. The highest BCUT2D eigenvalue weighted by atomic mass is 32.1. The molecule has 1 aromatic carbocycles. The topological polar surface area (TPSA) is 99.5 Å². The Hall–Kier alpha value is -2.58. The van der Waals surface area contributed by atoms with Crippen molar-refractivity contribution in [2.75, 3.05) is 37.4 Å². The molecular weight excluding hydrogens is 362 g/mol. The van der Waals surface area contributed by atoms with E-state index in [1.807, 2.05) is 49.3 Å². The molecule has 0 radical (unpaired) electrons. The normalized spacial score (nSPS) is 16.6. The van der Waals surface area contributed by atoms with Gasteiger partial charge in [0, 0.05) is 37.2 Å². The van der Waals surface area contributed by atoms with Crippen LogP contribution in [0.25, 0.3) is 10.4 Å². The molecule has 2 heterocycles. The van der Waals surface area contributed by atoms with E-state index in [-0.39, 0.29) is 11.9 Å². The Kier molecular flexibility index (Phi) is 5.98. The van der Waals surface area contributed by atoms with Gasteiger partial charge in [-0.1, -0.05) is 12.1 Å². The van der Waals surface area contributed by atoms with Gasteiger partial charge < -0.3 is 21.3 Å². The number of nitrogens with zero attached hydrogens (tertiary/aromatic N) is 1. The van der Waals surface area contributed by atoms with Crippen molar-refractivity contribution in [2.24, 2.45) is 5.73 Å². The molecule has 1 saturated heterocycles. The molecule has 0 unspecified atom stereocenters. The van der Waals surface area contributed by atoms with Crippen molar-refractivity contribution in [2.45, 2.75) is 18.9 Å². The van der Waals surface area contributed by atoms with Crippen molar-refractivity contribution in [3.63, 3.8) is 0 Å². The number of thiophene rings is 1. The molecule has 1 aliphatic heterocycles. The molecule has 0 bridgehead atoms. The minimum absolute atomic E-state index is 0.0908. The van der Waals surface area contributed by atoms with Crippen LogP contribution < -0.4 is 26.6 Å². The van der Waals surface area contributed by atoms with Gasteiger partial charge in [-0.05, 0) is 43.1 Å². The number of piperidine rings is 1. The van der Waals surface area contributed by atoms with Crippen molar-refractivity contribution in [3.8, 4) is 10.4 Å². The number of primary amides is 1. The summed E-state index contributed by atoms with van der Waals surface area (Å²) < 4.78 is 0. The van der Waals surface area contributed by atoms with Gasteiger partial charge in [0.1, 0.15) is 5.00 Å². The maximum absolute atomic E-state index is 12.8. The number of benzene rings is 1. The van der Waals surface area contributed by atoms with E-state index in [1.165, 1.54) is 11.3 Å². The van der Waals surface area contributed by atoms with Gasteiger partial charge in [0.05, 0.1) is 5.56 Å². The largest absolute Gasteiger partial charge is 0.378 e. The lowest BCUT2D eigenvalue weighted by atomic mass is 10.1. The molecule has 3 rings (SSSR count). The van der Waals surface area contributed by atoms with Gasteiger partial charge in [0.15, 0.2) is 0 Å². The van der Waals surface area contributed by atoms with E-state index in [1.54, 1.807) is 0 Å². The third-order valence-electron chi connectivity index (χ3n) is 4.49. The standard InChI is InChI=1S/C19H25N5O2S/c1-24(2)14-7-3-5-12(9-14)16-10-15(18(27-16)23-19(20)26)17(25)22-13-6-4-8-21-11-13/h3,5,7,9-10,13,21H,4,6,8,11H2,1-2H3,(H,22,25)(H3,20,23,26)/t13-/m0/s1. The van der Waals surface area contributed by atoms with Gasteiger partial charge in [0.25, 0.3) is 5.91 Å². The summed E-state index contributed by atoms with van der Waals surface area (Å²) in [5.74, 6) is -0.196. The van der Waals surface area contributed by atoms with Gasteiger partial charge >= 0.3 is 6.03 Å². The first-order valence-corrected chi connectivity index (χ1v) is 9.75. The van der Waals surface area contributed by atoms with Crippen molar-refractivity contribution in [1.29, 1.82) is 0 Å². The monoisotopic (exact) mass is 387 g/mol. The van der Waals surface area contributed by atoms with Crippen LogP contribution in [-0.2, 0) is 0 Å². The Balaban J connectivity index is 1.89. The number of nitrogens with two attached hydrogens (primary N) is 1. The fourth-order valence-corrected chi connectivity index (χ4v) is 4.14. The van der Waals surface area contributed by atoms with Gasteiger partial charge in [-0.2, -0.15) is 0 Å². The van der Waals surface area contributed by atoms with Gasteiger partial charge in [-0.15, -0.1) is 11.3 Å². The highest BCUT2D eigenvalue weighted by molar-refractivity contribution is 7.20. The minimum Gasteiger partial charge on any atom is -0.378 e. The van der Waals surface area contributed by atoms with Crippen LogP contribution in [0.4, 0.5) is 15.5 Å². The highest BCUT2D eigenvalue weighted by Crippen LogP contribution is 2.36. The van der Waals surface area contributed by atoms with E-state index in [2.05, 4.69) is 16.0 Å². The number of carbonyl (C=O) groups excluding carboxylic acids is 2. The second kappa shape index (κ2) is 8.41. The maximum Gasteiger partial charge on any atom is 0.317 e. The van der Waals surface area contributed by atoms with Crippen molar-refractivity contribution in [3.05, 3.63) is 35.9 Å². The first-order chi connectivity index (χ1) is 12.9. The molecule has 1 atom stereocenters. The molecular formula is C19H25N5O2S. The predicted octanol–water partition coefficient (Wildman–Crippen LogP) is 2.45. The fourth-order valence-electron chi connectivity index (χ4n) is 3.08. The molecule has 7 nitrogen and oxygen atoms in total. The molecule has 0 spiro atoms. The summed E-state index contributed by atoms with van der Waals surface area (Å²) in [7, 11) is 3.95. The zero-order chi connectivity index (χ0) is 19.4. The SMILES string of the molecule is CN(C)c1cccc(-c2cc(C(=O)N[C@H]3CCCNC3)c(NC(N)=O)s2)c1. The average Bonchev–Trinajstić information content (AvgIpc) is 3.06. The smallest absolute Gasteiger partial charge is 0.317 e. The fraction of sp³-hybridized carbons (Fsp3) is 0.368. The van der Waals surface area contributed by atoms with Crippen LogP contribution in [0.3, 0.4) is 0 Å². The van der Waals surface area contributed by atoms with Crippen molar-refractivity contribution in [1.82, 2.24) is 10.6 Å². The molecule has 3 amide bonds. The van der Waals surface area contributed by atoms with E-state index in [4.69, 9.17) is 5.73 Å². The van der Waals surface area contributed by atoms with E-state index in [9.17, 15) is 9.59 Å². The second-order valence-corrected chi connectivity index (χ2v) is 7.86. The van der Waals surface area contributed by atoms with Crippen LogP contribution in [0.2, 0.25) is 0 Å². The molecule has 5 N–H and O–H groups in total. The Bertz CT molecular complexity index is 827. The van der Waals surface area contributed by atoms with Crippen LogP contribution in [0.15, 0.2) is 30.3 Å². The third kappa shape index (κ3) is 4.78. The molecule has 8 heteroatoms. The van der Waals surface area contributed by atoms with Crippen LogP contribution in [0, 0.1) is 0 Å². The molecule has 2 aromatic rings. The zero-order valence-electron chi connectivity index (χ0n) is 15.5. The summed E-state index contributed by atoms with van der Waals surface area (Å²) in [4.78, 5) is 27.1. The van der Waals surface area contributed by atoms with Gasteiger partial charge in [-0.25, -0.2) is 4.79 Å². The first-order valence-electron chi connectivity index (χ1n) is 8.93. The maximum atomic E-state index is 12.8. The zero-order valence-corrected chi connectivity index (χ0v) is 16.4. The summed E-state index contributed by atoms with van der Waals surface area (Å²) in [6.07, 6.45) is 1.97. The molecule has 0 aliphatic carbocycles. The average molecular weight is 388 g/mol. The highest BCUT2D eigenvalue weighted by Gasteiger charge is 2.22. The molecule has 144 valence electrons. The van der Waals surface area contributed by atoms with E-state index < -0.39 is 6.03 Å². The van der Waals surface area contributed by atoms with E-state index in [0.29, 0.717) is 10.6 Å². The lowest BCUT2D eigenvalue weighted by Crippen LogP contribution is -2.45. The van der Waals surface area contributed by atoms with E-state index >= 15 is 0 Å². The summed E-state index contributed by atoms with van der Waals surface area (Å²) in [5, 5.41) is 9.38. The first kappa shape index (κ1) is 19.2. The lowest BCUT2D eigenvalue weighted by Gasteiger charge is -2.23. The van der Waals surface area contributed by atoms with Crippen LogP contribution >= 0.6 is 11.3 Å². The summed E-state index contributed by atoms with van der Waals surface area (Å²) >= 11 is 1.34. The van der Waals surface area contributed by atoms with Gasteiger partial charge in [0.2, 0.25) is 0 Å². The quantitative estimate of drug-likeness (QED) is 0.633. The second-order valence-electron chi connectivity index (χ2n) is 6.80. The third-order valence-corrected chi connectivity index (χ3v) is 5.59. The van der Waals surface area contributed by atoms with Crippen LogP contribution in [-0.4, -0.2) is 45.2 Å². The number of carbonyl (C=O) groups is 2.